The summed E-state index contributed by atoms with van der Waals surface area (Å²) >= 11 is 1.13. The van der Waals surface area contributed by atoms with Crippen molar-refractivity contribution in [3.8, 4) is 11.5 Å². The van der Waals surface area contributed by atoms with Crippen LogP contribution in [0.1, 0.15) is 20.8 Å². The van der Waals surface area contributed by atoms with Crippen LogP contribution in [0.4, 0.5) is 0 Å². The molecule has 76 valence electrons. The number of fused-ring (bicyclic) bond motifs is 1. The standard InChI is InChI=1S/C11H14O2S/c1-11(2,3)13-8-4-5-10-9(6-8)12-7-14-10/h4-7,14H,1-3H3. The van der Waals surface area contributed by atoms with Gasteiger partial charge in [-0.2, -0.15) is 0 Å². The Morgan fingerprint density at radius 2 is 2.07 bits per heavy atom. The van der Waals surface area contributed by atoms with Crippen LogP contribution in [0.5, 0.6) is 11.5 Å². The Kier molecular flexibility index (Phi) is 2.27. The van der Waals surface area contributed by atoms with Gasteiger partial charge in [0.05, 0.1) is 0 Å². The van der Waals surface area contributed by atoms with Gasteiger partial charge in [0.25, 0.3) is 0 Å². The molecule has 2 nitrogen and oxygen atoms in total. The van der Waals surface area contributed by atoms with Crippen molar-refractivity contribution in [1.29, 1.82) is 0 Å². The zero-order valence-electron chi connectivity index (χ0n) is 8.57. The van der Waals surface area contributed by atoms with Crippen molar-refractivity contribution >= 4 is 16.9 Å². The molecule has 0 saturated carbocycles. The van der Waals surface area contributed by atoms with Crippen LogP contribution in [-0.4, -0.2) is 11.2 Å². The average Bonchev–Trinajstić information content (AvgIpc) is 2.47. The molecular formula is C11H14O2S. The first-order valence-electron chi connectivity index (χ1n) is 4.57. The number of hydrogen-bond acceptors (Lipinski definition) is 2. The minimum absolute atomic E-state index is 0.158. The van der Waals surface area contributed by atoms with E-state index in [4.69, 9.17) is 9.47 Å². The van der Waals surface area contributed by atoms with E-state index in [0.717, 1.165) is 22.8 Å². The molecule has 0 saturated heterocycles. The minimum Gasteiger partial charge on any atom is -0.488 e. The van der Waals surface area contributed by atoms with Crippen molar-refractivity contribution in [2.45, 2.75) is 31.3 Å². The van der Waals surface area contributed by atoms with Crippen LogP contribution < -0.4 is 9.47 Å². The van der Waals surface area contributed by atoms with Gasteiger partial charge >= 0.3 is 0 Å². The summed E-state index contributed by atoms with van der Waals surface area (Å²) < 4.78 is 11.1. The van der Waals surface area contributed by atoms with Crippen LogP contribution in [-0.2, 0) is 0 Å². The monoisotopic (exact) mass is 210 g/mol. The van der Waals surface area contributed by atoms with Crippen molar-refractivity contribution < 1.29 is 9.47 Å². The maximum atomic E-state index is 5.73. The zero-order valence-corrected chi connectivity index (χ0v) is 9.47. The second kappa shape index (κ2) is 3.31. The molecule has 0 aliphatic carbocycles. The Morgan fingerprint density at radius 1 is 1.29 bits per heavy atom. The predicted molar refractivity (Wildman–Crippen MR) is 60.8 cm³/mol. The molecule has 1 aliphatic heterocycles. The fourth-order valence-electron chi connectivity index (χ4n) is 1.25. The summed E-state index contributed by atoms with van der Waals surface area (Å²) in [5.74, 6) is 1.77. The molecule has 0 bridgehead atoms. The van der Waals surface area contributed by atoms with Gasteiger partial charge < -0.3 is 9.47 Å². The topological polar surface area (TPSA) is 18.5 Å². The van der Waals surface area contributed by atoms with Crippen molar-refractivity contribution in [3.63, 3.8) is 0 Å². The highest BCUT2D eigenvalue weighted by Gasteiger charge is 2.14. The van der Waals surface area contributed by atoms with E-state index in [1.54, 1.807) is 5.55 Å². The van der Waals surface area contributed by atoms with Crippen molar-refractivity contribution in [3.05, 3.63) is 18.2 Å². The lowest BCUT2D eigenvalue weighted by atomic mass is 10.2. The maximum absolute atomic E-state index is 5.73. The van der Waals surface area contributed by atoms with E-state index in [-0.39, 0.29) is 5.60 Å². The molecule has 1 aliphatic rings. The SMILES string of the molecule is CC(C)(C)Oc1ccc2c(c1)OC=[SH]2. The molecule has 1 aromatic carbocycles. The lowest BCUT2D eigenvalue weighted by Crippen LogP contribution is -2.22. The summed E-state index contributed by atoms with van der Waals surface area (Å²) in [7, 11) is 0. The van der Waals surface area contributed by atoms with Gasteiger partial charge in [-0.15, -0.1) is 11.4 Å². The van der Waals surface area contributed by atoms with E-state index in [0.29, 0.717) is 0 Å². The lowest BCUT2D eigenvalue weighted by Gasteiger charge is -2.21. The van der Waals surface area contributed by atoms with E-state index in [2.05, 4.69) is 0 Å². The molecule has 0 radical (unpaired) electrons. The molecule has 0 aromatic heterocycles. The second-order valence-corrected chi connectivity index (χ2v) is 5.15. The number of rotatable bonds is 1. The van der Waals surface area contributed by atoms with Crippen LogP contribution in [0.3, 0.4) is 0 Å². The first-order valence-corrected chi connectivity index (χ1v) is 5.53. The molecule has 0 atom stereocenters. The molecule has 3 heteroatoms. The van der Waals surface area contributed by atoms with E-state index in [1.165, 1.54) is 4.90 Å². The van der Waals surface area contributed by atoms with Crippen LogP contribution in [0.25, 0.3) is 0 Å². The van der Waals surface area contributed by atoms with Gasteiger partial charge in [-0.25, -0.2) is 0 Å². The summed E-state index contributed by atoms with van der Waals surface area (Å²) in [6, 6.07) is 5.97. The predicted octanol–water partition coefficient (Wildman–Crippen LogP) is 2.84. The molecule has 0 fully saturated rings. The van der Waals surface area contributed by atoms with Gasteiger partial charge in [0.15, 0.2) is 0 Å². The van der Waals surface area contributed by atoms with Gasteiger partial charge in [-0.05, 0) is 32.9 Å². The first kappa shape index (κ1) is 9.59. The smallest absolute Gasteiger partial charge is 0.143 e. The van der Waals surface area contributed by atoms with E-state index >= 15 is 0 Å². The summed E-state index contributed by atoms with van der Waals surface area (Å²) in [6.07, 6.45) is 0. The largest absolute Gasteiger partial charge is 0.488 e. The zero-order chi connectivity index (χ0) is 10.2. The van der Waals surface area contributed by atoms with E-state index in [9.17, 15) is 0 Å². The molecular weight excluding hydrogens is 196 g/mol. The van der Waals surface area contributed by atoms with Crippen LogP contribution in [0, 0.1) is 0 Å². The normalized spacial score (nSPS) is 14.2. The number of thiol groups is 1. The van der Waals surface area contributed by atoms with Crippen molar-refractivity contribution in [2.24, 2.45) is 0 Å². The molecule has 1 heterocycles. The van der Waals surface area contributed by atoms with Crippen LogP contribution in [0.15, 0.2) is 23.1 Å². The molecule has 0 unspecified atom stereocenters. The average molecular weight is 210 g/mol. The fourth-order valence-corrected chi connectivity index (χ4v) is 1.94. The summed E-state index contributed by atoms with van der Waals surface area (Å²) in [6.45, 7) is 6.10. The Bertz CT molecular complexity index is 377. The highest BCUT2D eigenvalue weighted by atomic mass is 32.1. The van der Waals surface area contributed by atoms with Gasteiger partial charge in [-0.1, -0.05) is 0 Å². The van der Waals surface area contributed by atoms with Crippen molar-refractivity contribution in [1.82, 2.24) is 0 Å². The molecule has 14 heavy (non-hydrogen) atoms. The third-order valence-electron chi connectivity index (χ3n) is 1.73. The number of ether oxygens (including phenoxy) is 2. The van der Waals surface area contributed by atoms with Crippen molar-refractivity contribution in [2.75, 3.05) is 0 Å². The Morgan fingerprint density at radius 3 is 2.79 bits per heavy atom. The molecule has 2 rings (SSSR count). The third-order valence-corrected chi connectivity index (χ3v) is 2.59. The number of benzene rings is 1. The first-order chi connectivity index (χ1) is 6.54. The highest BCUT2D eigenvalue weighted by molar-refractivity contribution is 7.97. The van der Waals surface area contributed by atoms with Crippen LogP contribution >= 0.6 is 11.4 Å². The van der Waals surface area contributed by atoms with Gasteiger partial charge in [0.1, 0.15) is 22.7 Å². The number of hydrogen-bond donors (Lipinski definition) is 1. The fraction of sp³-hybridized carbons (Fsp3) is 0.364. The van der Waals surface area contributed by atoms with Crippen LogP contribution in [0.2, 0.25) is 0 Å². The lowest BCUT2D eigenvalue weighted by molar-refractivity contribution is 0.130. The van der Waals surface area contributed by atoms with Gasteiger partial charge in [0, 0.05) is 11.0 Å². The van der Waals surface area contributed by atoms with Gasteiger partial charge in [-0.3, -0.25) is 0 Å². The van der Waals surface area contributed by atoms with E-state index < -0.39 is 0 Å². The second-order valence-electron chi connectivity index (χ2n) is 4.20. The Labute approximate surface area is 87.8 Å². The summed E-state index contributed by atoms with van der Waals surface area (Å²) in [4.78, 5) is 1.20. The molecule has 0 spiro atoms. The molecule has 1 aromatic rings. The summed E-state index contributed by atoms with van der Waals surface area (Å²) in [5, 5.41) is 0. The third kappa shape index (κ3) is 2.10. The Balaban J connectivity index is 2.23. The molecule has 0 N–H and O–H groups in total. The van der Waals surface area contributed by atoms with Gasteiger partial charge in [0.2, 0.25) is 0 Å². The van der Waals surface area contributed by atoms with E-state index in [1.807, 2.05) is 39.0 Å². The highest BCUT2D eigenvalue weighted by Crippen LogP contribution is 2.33. The minimum atomic E-state index is -0.158. The quantitative estimate of drug-likeness (QED) is 0.567. The Hall–Kier alpha value is -0.960. The molecule has 0 amide bonds. The summed E-state index contributed by atoms with van der Waals surface area (Å²) in [5.41, 5.74) is 1.62. The maximum Gasteiger partial charge on any atom is 0.143 e.